The highest BCUT2D eigenvalue weighted by Gasteiger charge is 2.36. The van der Waals surface area contributed by atoms with E-state index in [0.29, 0.717) is 175 Å². The van der Waals surface area contributed by atoms with Crippen molar-refractivity contribution < 1.29 is 75.8 Å². The first-order valence-electron chi connectivity index (χ1n) is 53.0. The largest absolute Gasteiger partial charge is 0.491 e. The summed E-state index contributed by atoms with van der Waals surface area (Å²) in [5.41, 5.74) is 0. The summed E-state index contributed by atoms with van der Waals surface area (Å²) in [5.74, 6) is 24.9. The highest BCUT2D eigenvalue weighted by Crippen LogP contribution is 2.43. The zero-order valence-electron chi connectivity index (χ0n) is 87.7. The van der Waals surface area contributed by atoms with Crippen LogP contribution in [0, 0.1) is 0 Å². The predicted molar refractivity (Wildman–Crippen MR) is 626 cm³/mol. The molecule has 0 unspecified atom stereocenters. The van der Waals surface area contributed by atoms with E-state index in [0.717, 1.165) is 39.9 Å². The lowest BCUT2D eigenvalue weighted by Crippen LogP contribution is -2.18. The van der Waals surface area contributed by atoms with Crippen LogP contribution in [0.1, 0.15) is 122 Å². The van der Waals surface area contributed by atoms with Crippen LogP contribution in [0.25, 0.3) is 75.4 Å². The molecule has 7 aliphatic heterocycles. The molecule has 0 atom stereocenters. The number of hydrogen-bond acceptors (Lipinski definition) is 16. The lowest BCUT2D eigenvalue weighted by molar-refractivity contribution is -0.131. The number of carbonyl (C=O) groups is 1. The zero-order valence-corrected chi connectivity index (χ0v) is 93.4. The number of benzene rings is 14. The first-order valence-corrected chi connectivity index (χ1v) is 64.0. The summed E-state index contributed by atoms with van der Waals surface area (Å²) in [5, 5.41) is 17.8. The number of carbonyl (C=O) groups excluding carboxylic acids is 1. The van der Waals surface area contributed by atoms with Gasteiger partial charge in [-0.05, 0) is 243 Å². The van der Waals surface area contributed by atoms with E-state index >= 15 is 0 Å². The van der Waals surface area contributed by atoms with Crippen LogP contribution >= 0.6 is 0 Å². The quantitative estimate of drug-likeness (QED) is 0.0120. The van der Waals surface area contributed by atoms with Crippen molar-refractivity contribution >= 4 is 158 Å². The number of esters is 1. The average molecular weight is 2130 g/mol. The molecule has 0 amide bonds. The molecule has 23 heteroatoms. The molecule has 7 aliphatic rings. The van der Waals surface area contributed by atoms with E-state index in [1.807, 2.05) is 18.2 Å². The summed E-state index contributed by atoms with van der Waals surface area (Å²) in [6, 6.07) is 90.5. The lowest BCUT2D eigenvalue weighted by Gasteiger charge is -2.16. The summed E-state index contributed by atoms with van der Waals surface area (Å²) < 4.78 is 81.4. The van der Waals surface area contributed by atoms with Crippen LogP contribution in [0.4, 0.5) is 0 Å². The SMILES string of the molecule is CC(=O)Oc1ccc([S+]2CCCCC2)c2ccccc12.COCCOCCOc1ccc([S+]2CCCC2)c2ccccc12.COCCOCCOc1ccc([S+]2CCCCC2)c2ccccc12.COCCOc1ccc([S+]2CCCC2)c2ccccc12.COCCOc1ccc([S+]2CCCCC2)c2ccccc12.COCOc1ccc([S+]2CCCC2)c2ccccc12.COCOc1ccc([S+]2CCCCC2)c2ccccc12. The molecule has 7 fully saturated rings. The first kappa shape index (κ1) is 112. The first-order chi connectivity index (χ1) is 72.6. The number of hydrogen-bond donors (Lipinski definition) is 0. The van der Waals surface area contributed by atoms with Crippen LogP contribution < -0.4 is 33.2 Å². The fraction of sp³-hybridized carbons (Fsp3) is 0.427. The van der Waals surface area contributed by atoms with Gasteiger partial charge in [0.15, 0.2) is 47.9 Å². The van der Waals surface area contributed by atoms with Gasteiger partial charge >= 0.3 is 5.97 Å². The van der Waals surface area contributed by atoms with E-state index in [9.17, 15) is 4.79 Å². The lowest BCUT2D eigenvalue weighted by atomic mass is 10.1. The Balaban J connectivity index is 0.000000129. The van der Waals surface area contributed by atoms with Crippen LogP contribution in [-0.4, -0.2) is 222 Å². The summed E-state index contributed by atoms with van der Waals surface area (Å²) in [4.78, 5) is 21.8. The standard InChI is InChI=1S/C20H27O3S.C19H25O3S.C18H23O2S.C17H21O2S.C17H19O2S.C17H21O2S.C16H19O2S/c1-21-11-12-22-13-14-23-19-9-10-20(24-15-5-2-6-16-24)18-8-4-3-7-17(18)19;1-20-10-11-21-12-13-22-18-8-9-19(23-14-4-5-15-23)17-7-3-2-6-16(17)18;1-19-11-12-20-17-9-10-18(21-13-5-2-6-14-21)16-8-4-3-7-15(16)17;1-18-13-19-16-9-10-17(20-11-5-2-6-12-20)15-8-4-3-7-14(15)16;1-13(18)19-16-9-10-17(20-11-5-2-6-12-20)15-8-4-3-7-14(15)16;1-18-10-11-19-16-8-9-17(20-12-4-5-13-20)15-7-3-2-6-14(15)16;1-17-12-18-15-8-9-16(19-10-4-5-11-19)14-7-3-2-6-13(14)15/h3-4,7-10H,2,5-6,11-16H2,1H3;2-3,6-9H,4-5,10-15H2,1H3;3-4,7-10H,2,5-6,11-14H2,1H3;3-4,7-10H,2,5-6,11-13H2,1H3;3-4,7-10H,2,5-6,11-12H2,1H3;2-3,6-9H,4-5,10-13H2,1H3;2-3,6-9H,4-5,10-12H2,1H3/q7*+1. The maximum absolute atomic E-state index is 11.2. The Morgan fingerprint density at radius 2 is 0.347 bits per heavy atom. The Labute approximate surface area is 894 Å². The molecule has 147 heavy (non-hydrogen) atoms. The Kier molecular flexibility index (Phi) is 47.7. The number of ether oxygens (including phenoxy) is 15. The molecule has 0 N–H and O–H groups in total. The van der Waals surface area contributed by atoms with Crippen LogP contribution in [-0.2, 0) is 119 Å². The third-order valence-corrected chi connectivity index (χ3v) is 44.9. The van der Waals surface area contributed by atoms with Gasteiger partial charge in [0.2, 0.25) is 0 Å². The van der Waals surface area contributed by atoms with Crippen molar-refractivity contribution in [3.63, 3.8) is 0 Å². The highest BCUT2D eigenvalue weighted by molar-refractivity contribution is 7.99. The molecule has 0 aromatic heterocycles. The van der Waals surface area contributed by atoms with Crippen molar-refractivity contribution in [1.29, 1.82) is 0 Å². The molecule has 0 saturated carbocycles. The minimum atomic E-state index is -0.261. The fourth-order valence-corrected chi connectivity index (χ4v) is 37.4. The molecule has 16 nitrogen and oxygen atoms in total. The van der Waals surface area contributed by atoms with Gasteiger partial charge in [-0.2, -0.15) is 0 Å². The van der Waals surface area contributed by atoms with Gasteiger partial charge in [0, 0.05) is 201 Å². The molecule has 21 rings (SSSR count). The number of rotatable bonds is 36. The van der Waals surface area contributed by atoms with E-state index in [2.05, 4.69) is 237 Å². The van der Waals surface area contributed by atoms with E-state index < -0.39 is 0 Å². The minimum Gasteiger partial charge on any atom is -0.491 e. The minimum absolute atomic E-state index is 0.261. The van der Waals surface area contributed by atoms with Crippen molar-refractivity contribution in [2.45, 2.75) is 157 Å². The summed E-state index contributed by atoms with van der Waals surface area (Å²) in [6.45, 7) is 9.30. The number of methoxy groups -OCH3 is 6. The van der Waals surface area contributed by atoms with Crippen molar-refractivity contribution in [3.05, 3.63) is 255 Å². The summed E-state index contributed by atoms with van der Waals surface area (Å²) >= 11 is 0. The third kappa shape index (κ3) is 32.5. The van der Waals surface area contributed by atoms with E-state index in [4.69, 9.17) is 71.1 Å². The van der Waals surface area contributed by atoms with Crippen LogP contribution in [0.15, 0.2) is 289 Å². The molecule has 0 aliphatic carbocycles. The van der Waals surface area contributed by atoms with Gasteiger partial charge in [0.1, 0.15) is 147 Å². The Hall–Kier alpha value is -8.70. The second-order valence-corrected chi connectivity index (χ2v) is 52.9. The molecule has 7 saturated heterocycles. The van der Waals surface area contributed by atoms with Crippen LogP contribution in [0.2, 0.25) is 0 Å². The molecule has 14 aromatic carbocycles. The topological polar surface area (TPSA) is 156 Å². The highest BCUT2D eigenvalue weighted by atomic mass is 32.2. The molecule has 0 spiro atoms. The summed E-state index contributed by atoms with van der Waals surface area (Å²) in [7, 11) is 13.0. The Morgan fingerprint density at radius 1 is 0.184 bits per heavy atom. The van der Waals surface area contributed by atoms with Crippen molar-refractivity contribution in [2.24, 2.45) is 0 Å². The Bertz CT molecular complexity index is 6330. The second kappa shape index (κ2) is 62.3. The van der Waals surface area contributed by atoms with Crippen LogP contribution in [0.5, 0.6) is 40.2 Å². The summed E-state index contributed by atoms with van der Waals surface area (Å²) in [6.07, 6.45) is 24.7. The maximum Gasteiger partial charge on any atom is 0.308 e. The normalized spacial score (nSPS) is 16.0. The van der Waals surface area contributed by atoms with Gasteiger partial charge in [0.05, 0.1) is 52.9 Å². The van der Waals surface area contributed by atoms with E-state index in [1.54, 1.807) is 42.7 Å². The molecule has 0 radical (unpaired) electrons. The van der Waals surface area contributed by atoms with Crippen molar-refractivity contribution in [1.82, 2.24) is 0 Å². The van der Waals surface area contributed by atoms with E-state index in [-0.39, 0.29) is 5.97 Å². The average Bonchev–Trinajstić information content (AvgIpc) is 1.66. The fourth-order valence-electron chi connectivity index (χ4n) is 19.9. The van der Waals surface area contributed by atoms with Gasteiger partial charge in [-0.25, -0.2) is 0 Å². The van der Waals surface area contributed by atoms with Gasteiger partial charge in [-0.3, -0.25) is 4.79 Å². The molecule has 782 valence electrons. The molecular formula is C124H155O16S7+7. The monoisotopic (exact) mass is 2120 g/mol. The van der Waals surface area contributed by atoms with Gasteiger partial charge < -0.3 is 71.1 Å². The molecule has 14 aromatic rings. The van der Waals surface area contributed by atoms with Gasteiger partial charge in [0.25, 0.3) is 0 Å². The van der Waals surface area contributed by atoms with Gasteiger partial charge in [-0.15, -0.1) is 0 Å². The predicted octanol–water partition coefficient (Wildman–Crippen LogP) is 26.9. The third-order valence-electron chi connectivity index (χ3n) is 27.1. The maximum atomic E-state index is 11.2. The molecule has 0 bridgehead atoms. The Morgan fingerprint density at radius 3 is 0.544 bits per heavy atom. The molecular weight excluding hydrogens is 1970 g/mol. The van der Waals surface area contributed by atoms with E-state index in [1.165, 1.54) is 307 Å². The van der Waals surface area contributed by atoms with Gasteiger partial charge in [-0.1, -0.05) is 127 Å². The van der Waals surface area contributed by atoms with Crippen LogP contribution in [0.3, 0.4) is 0 Å². The smallest absolute Gasteiger partial charge is 0.308 e. The molecule has 7 heterocycles. The number of fused-ring (bicyclic) bond motifs is 7. The zero-order chi connectivity index (χ0) is 102. The van der Waals surface area contributed by atoms with Crippen molar-refractivity contribution in [3.8, 4) is 40.2 Å². The van der Waals surface area contributed by atoms with Crippen molar-refractivity contribution in [2.75, 3.05) is 216 Å². The second-order valence-electron chi connectivity index (χ2n) is 37.2.